The number of carbonyl (C=O) groups is 2. The molecule has 7 nitrogen and oxygen atoms in total. The fourth-order valence-electron chi connectivity index (χ4n) is 3.87. The molecule has 2 amide bonds. The number of hydrogen-bond donors (Lipinski definition) is 1. The molecule has 0 unspecified atom stereocenters. The Bertz CT molecular complexity index is 955. The van der Waals surface area contributed by atoms with Gasteiger partial charge < -0.3 is 15.0 Å². The third-order valence-corrected chi connectivity index (χ3v) is 5.67. The molecule has 7 heteroatoms. The lowest BCUT2D eigenvalue weighted by Crippen LogP contribution is -2.47. The quantitative estimate of drug-likeness (QED) is 0.709. The Morgan fingerprint density at radius 3 is 2.81 bits per heavy atom. The van der Waals surface area contributed by atoms with Gasteiger partial charge in [-0.25, -0.2) is 4.98 Å². The molecule has 0 saturated carbocycles. The van der Waals surface area contributed by atoms with Gasteiger partial charge in [-0.3, -0.25) is 9.59 Å². The zero-order valence-corrected chi connectivity index (χ0v) is 18.0. The molecule has 1 saturated heterocycles. The summed E-state index contributed by atoms with van der Waals surface area (Å²) in [5.74, 6) is 0.111. The smallest absolute Gasteiger partial charge is 0.243 e. The van der Waals surface area contributed by atoms with Gasteiger partial charge in [0.15, 0.2) is 11.4 Å². The molecule has 0 aliphatic carbocycles. The first-order chi connectivity index (χ1) is 15.0. The van der Waals surface area contributed by atoms with Crippen LogP contribution in [0, 0.1) is 17.2 Å². The van der Waals surface area contributed by atoms with Gasteiger partial charge in [0.2, 0.25) is 11.8 Å². The van der Waals surface area contributed by atoms with Crippen LogP contribution < -0.4 is 10.1 Å². The second-order valence-corrected chi connectivity index (χ2v) is 7.84. The van der Waals surface area contributed by atoms with Crippen molar-refractivity contribution in [2.45, 2.75) is 45.2 Å². The molecule has 2 heterocycles. The van der Waals surface area contributed by atoms with Crippen molar-refractivity contribution in [3.63, 3.8) is 0 Å². The van der Waals surface area contributed by atoms with E-state index in [1.54, 1.807) is 17.2 Å². The number of carbonyl (C=O) groups excluding carboxylic acids is 2. The van der Waals surface area contributed by atoms with E-state index in [4.69, 9.17) is 10.00 Å². The number of aryl methyl sites for hydroxylation is 1. The molecule has 1 fully saturated rings. The van der Waals surface area contributed by atoms with Gasteiger partial charge in [-0.2, -0.15) is 5.26 Å². The van der Waals surface area contributed by atoms with Gasteiger partial charge in [0.25, 0.3) is 0 Å². The molecule has 1 N–H and O–H groups in total. The third-order valence-electron chi connectivity index (χ3n) is 5.67. The summed E-state index contributed by atoms with van der Waals surface area (Å²) in [4.78, 5) is 31.6. The average molecular weight is 421 g/mol. The Hall–Kier alpha value is -3.40. The predicted octanol–water partition coefficient (Wildman–Crippen LogP) is 2.84. The van der Waals surface area contributed by atoms with E-state index in [0.717, 1.165) is 24.8 Å². The topological polar surface area (TPSA) is 95.3 Å². The molecule has 2 atom stereocenters. The molecule has 2 aromatic rings. The van der Waals surface area contributed by atoms with Gasteiger partial charge in [-0.15, -0.1) is 0 Å². The molecule has 0 spiro atoms. The van der Waals surface area contributed by atoms with Gasteiger partial charge in [0.1, 0.15) is 12.1 Å². The van der Waals surface area contributed by atoms with E-state index < -0.39 is 6.04 Å². The van der Waals surface area contributed by atoms with Crippen molar-refractivity contribution in [3.8, 4) is 11.8 Å². The van der Waals surface area contributed by atoms with Crippen LogP contribution in [0.25, 0.3) is 0 Å². The molecule has 1 aromatic heterocycles. The second kappa shape index (κ2) is 10.6. The highest BCUT2D eigenvalue weighted by atomic mass is 16.5. The number of nitrogens with one attached hydrogen (secondary N) is 1. The van der Waals surface area contributed by atoms with Crippen molar-refractivity contribution in [1.29, 1.82) is 5.26 Å². The number of amides is 2. The Balaban J connectivity index is 1.56. The van der Waals surface area contributed by atoms with Crippen LogP contribution in [0.1, 0.15) is 43.0 Å². The second-order valence-electron chi connectivity index (χ2n) is 7.84. The van der Waals surface area contributed by atoms with Gasteiger partial charge in [0, 0.05) is 25.2 Å². The van der Waals surface area contributed by atoms with E-state index in [1.165, 1.54) is 12.7 Å². The Kier molecular flexibility index (Phi) is 7.60. The van der Waals surface area contributed by atoms with Crippen molar-refractivity contribution >= 4 is 11.8 Å². The lowest BCUT2D eigenvalue weighted by Gasteiger charge is -2.27. The van der Waals surface area contributed by atoms with Crippen LogP contribution in [0.4, 0.5) is 0 Å². The summed E-state index contributed by atoms with van der Waals surface area (Å²) in [5.41, 5.74) is 2.15. The van der Waals surface area contributed by atoms with E-state index in [0.29, 0.717) is 18.7 Å². The van der Waals surface area contributed by atoms with Crippen LogP contribution in [0.15, 0.2) is 42.6 Å². The van der Waals surface area contributed by atoms with Crippen molar-refractivity contribution < 1.29 is 14.3 Å². The summed E-state index contributed by atoms with van der Waals surface area (Å²) in [7, 11) is 1.47. The molecule has 162 valence electrons. The molecular formula is C24H28N4O3. The Labute approximate surface area is 183 Å². The van der Waals surface area contributed by atoms with E-state index >= 15 is 0 Å². The fourth-order valence-corrected chi connectivity index (χ4v) is 3.87. The van der Waals surface area contributed by atoms with Crippen molar-refractivity contribution in [1.82, 2.24) is 15.2 Å². The number of hydrogen-bond acceptors (Lipinski definition) is 5. The summed E-state index contributed by atoms with van der Waals surface area (Å²) in [5, 5.41) is 11.9. The number of rotatable bonds is 8. The monoisotopic (exact) mass is 420 g/mol. The minimum absolute atomic E-state index is 0.0373. The number of nitriles is 1. The lowest BCUT2D eigenvalue weighted by atomic mass is 9.99. The third kappa shape index (κ3) is 5.60. The summed E-state index contributed by atoms with van der Waals surface area (Å²) in [6.07, 6.45) is 4.63. The maximum absolute atomic E-state index is 13.0. The normalized spacial score (nSPS) is 16.4. The highest BCUT2D eigenvalue weighted by Crippen LogP contribution is 2.22. The maximum atomic E-state index is 13.0. The molecular weight excluding hydrogens is 392 g/mol. The summed E-state index contributed by atoms with van der Waals surface area (Å²) in [6, 6.07) is 13.3. The molecule has 0 bridgehead atoms. The van der Waals surface area contributed by atoms with Crippen LogP contribution in [0.2, 0.25) is 0 Å². The molecule has 1 aromatic carbocycles. The van der Waals surface area contributed by atoms with Crippen LogP contribution in [-0.2, 0) is 22.6 Å². The molecule has 1 aliphatic heterocycles. The average Bonchev–Trinajstić information content (AvgIpc) is 3.31. The molecule has 1 aliphatic rings. The van der Waals surface area contributed by atoms with Crippen LogP contribution in [0.5, 0.6) is 5.75 Å². The zero-order valence-electron chi connectivity index (χ0n) is 18.0. The van der Waals surface area contributed by atoms with Gasteiger partial charge in [-0.1, -0.05) is 37.3 Å². The van der Waals surface area contributed by atoms with Crippen molar-refractivity contribution in [2.24, 2.45) is 5.92 Å². The van der Waals surface area contributed by atoms with Crippen LogP contribution in [-0.4, -0.2) is 41.4 Å². The number of benzene rings is 1. The highest BCUT2D eigenvalue weighted by molar-refractivity contribution is 5.89. The highest BCUT2D eigenvalue weighted by Gasteiger charge is 2.35. The van der Waals surface area contributed by atoms with E-state index in [9.17, 15) is 9.59 Å². The summed E-state index contributed by atoms with van der Waals surface area (Å²) < 4.78 is 5.16. The van der Waals surface area contributed by atoms with Crippen LogP contribution in [0.3, 0.4) is 0 Å². The fraction of sp³-hybridized carbons (Fsp3) is 0.417. The van der Waals surface area contributed by atoms with Crippen molar-refractivity contribution in [2.75, 3.05) is 13.7 Å². The number of pyridine rings is 1. The standard InChI is InChI=1S/C24H28N4O3/c1-17(10-11-18-7-4-3-5-8-18)24(30)28-12-6-9-21(28)23(29)27-16-19-13-22(31-2)20(14-25)26-15-19/h3-5,7-8,13,15,17,21H,6,9-12,16H2,1-2H3,(H,27,29)/t17-,21+/m1/s1. The van der Waals surface area contributed by atoms with E-state index in [2.05, 4.69) is 22.4 Å². The van der Waals surface area contributed by atoms with E-state index in [-0.39, 0.29) is 30.0 Å². The van der Waals surface area contributed by atoms with E-state index in [1.807, 2.05) is 31.2 Å². The first kappa shape index (κ1) is 22.3. The minimum atomic E-state index is -0.445. The molecule has 3 rings (SSSR count). The van der Waals surface area contributed by atoms with Crippen LogP contribution >= 0.6 is 0 Å². The molecule has 31 heavy (non-hydrogen) atoms. The number of methoxy groups -OCH3 is 1. The molecule has 0 radical (unpaired) electrons. The SMILES string of the molecule is COc1cc(CNC(=O)[C@@H]2CCCN2C(=O)[C@H](C)CCc2ccccc2)cnc1C#N. The number of aromatic nitrogens is 1. The lowest BCUT2D eigenvalue weighted by molar-refractivity contribution is -0.141. The van der Waals surface area contributed by atoms with Gasteiger partial charge in [-0.05, 0) is 42.9 Å². The Morgan fingerprint density at radius 2 is 2.10 bits per heavy atom. The summed E-state index contributed by atoms with van der Waals surface area (Å²) in [6.45, 7) is 2.81. The largest absolute Gasteiger partial charge is 0.494 e. The number of likely N-dealkylation sites (tertiary alicyclic amines) is 1. The number of nitrogens with zero attached hydrogens (tertiary/aromatic N) is 3. The summed E-state index contributed by atoms with van der Waals surface area (Å²) >= 11 is 0. The maximum Gasteiger partial charge on any atom is 0.243 e. The minimum Gasteiger partial charge on any atom is -0.494 e. The first-order valence-corrected chi connectivity index (χ1v) is 10.6. The number of ether oxygens (including phenoxy) is 1. The Morgan fingerprint density at radius 1 is 1.32 bits per heavy atom. The first-order valence-electron chi connectivity index (χ1n) is 10.6. The van der Waals surface area contributed by atoms with Crippen molar-refractivity contribution in [3.05, 3.63) is 59.4 Å². The zero-order chi connectivity index (χ0) is 22.2. The predicted molar refractivity (Wildman–Crippen MR) is 116 cm³/mol. The van der Waals surface area contributed by atoms with Gasteiger partial charge >= 0.3 is 0 Å². The van der Waals surface area contributed by atoms with Gasteiger partial charge in [0.05, 0.1) is 7.11 Å².